The van der Waals surface area contributed by atoms with Crippen molar-refractivity contribution in [3.63, 3.8) is 0 Å². The highest BCUT2D eigenvalue weighted by molar-refractivity contribution is 6.62. The second-order valence-electron chi connectivity index (χ2n) is 5.33. The van der Waals surface area contributed by atoms with Crippen LogP contribution in [0.5, 0.6) is 0 Å². The van der Waals surface area contributed by atoms with E-state index in [1.165, 1.54) is 11.1 Å². The Balaban J connectivity index is 0.000000387. The van der Waals surface area contributed by atoms with E-state index in [0.717, 1.165) is 12.8 Å². The summed E-state index contributed by atoms with van der Waals surface area (Å²) in [5, 5.41) is 2.70. The van der Waals surface area contributed by atoms with E-state index >= 15 is 0 Å². The van der Waals surface area contributed by atoms with Crippen LogP contribution in [0.15, 0.2) is 24.3 Å². The maximum atomic E-state index is 11.1. The minimum Gasteiger partial charge on any atom is -0.373 e. The Bertz CT molecular complexity index is 458. The molecule has 7 heteroatoms. The van der Waals surface area contributed by atoms with E-state index in [9.17, 15) is 4.79 Å². The smallest absolute Gasteiger partial charge is 0.373 e. The molecule has 0 saturated heterocycles. The molecule has 0 aromatic carbocycles. The largest absolute Gasteiger partial charge is 0.524 e. The molecule has 0 fully saturated rings. The Morgan fingerprint density at radius 2 is 1.42 bits per heavy atom. The molecule has 0 radical (unpaired) electrons. The van der Waals surface area contributed by atoms with E-state index in [4.69, 9.17) is 19.0 Å². The number of benzene rings is 1. The van der Waals surface area contributed by atoms with Gasteiger partial charge in [0.15, 0.2) is 0 Å². The molecule has 136 valence electrons. The molecular formula is C17H30N2O4Si. The van der Waals surface area contributed by atoms with Crippen LogP contribution in [0, 0.1) is 0 Å². The van der Waals surface area contributed by atoms with Gasteiger partial charge in [0.25, 0.3) is 0 Å². The average molecular weight is 355 g/mol. The average Bonchev–Trinajstić information content (AvgIpc) is 2.51. The fourth-order valence-electron chi connectivity index (χ4n) is 2.49. The van der Waals surface area contributed by atoms with Crippen LogP contribution in [0.4, 0.5) is 4.79 Å². The predicted molar refractivity (Wildman–Crippen MR) is 97.5 cm³/mol. The minimum atomic E-state index is -2.92. The predicted octanol–water partition coefficient (Wildman–Crippen LogP) is 3.08. The van der Waals surface area contributed by atoms with Gasteiger partial charge >= 0.3 is 14.8 Å². The van der Waals surface area contributed by atoms with Crippen molar-refractivity contribution in [3.8, 4) is 11.1 Å². The second-order valence-corrected chi connectivity index (χ2v) is 8.10. The molecule has 1 atom stereocenters. The summed E-state index contributed by atoms with van der Waals surface area (Å²) in [6, 6.07) is 7.90. The van der Waals surface area contributed by atoms with Gasteiger partial charge in [0.05, 0.1) is 0 Å². The zero-order valence-corrected chi connectivity index (χ0v) is 16.1. The Hall–Kier alpha value is -1.41. The number of urea groups is 1. The molecule has 24 heavy (non-hydrogen) atoms. The molecule has 0 heterocycles. The monoisotopic (exact) mass is 354 g/mol. The molecule has 2 rings (SSSR count). The Labute approximate surface area is 146 Å². The third kappa shape index (κ3) is 5.59. The van der Waals surface area contributed by atoms with E-state index < -0.39 is 14.8 Å². The van der Waals surface area contributed by atoms with E-state index in [1.807, 2.05) is 27.7 Å². The van der Waals surface area contributed by atoms with Gasteiger partial charge in [0, 0.05) is 19.8 Å². The van der Waals surface area contributed by atoms with Crippen molar-refractivity contribution in [1.29, 1.82) is 0 Å². The lowest BCUT2D eigenvalue weighted by atomic mass is 9.95. The molecule has 2 aliphatic rings. The highest BCUT2D eigenvalue weighted by atomic mass is 28.4. The summed E-state index contributed by atoms with van der Waals surface area (Å²) in [7, 11) is -2.92. The summed E-state index contributed by atoms with van der Waals surface area (Å²) < 4.78 is 17.3. The van der Waals surface area contributed by atoms with E-state index in [0.29, 0.717) is 19.8 Å². The summed E-state index contributed by atoms with van der Waals surface area (Å²) in [5.74, 6) is 0. The van der Waals surface area contributed by atoms with E-state index in [1.54, 1.807) is 0 Å². The first-order chi connectivity index (χ1) is 11.5. The van der Waals surface area contributed by atoms with Crippen molar-refractivity contribution in [2.24, 2.45) is 5.73 Å². The van der Waals surface area contributed by atoms with Crippen LogP contribution < -0.4 is 11.1 Å². The van der Waals surface area contributed by atoms with Crippen LogP contribution in [-0.4, -0.2) is 40.3 Å². The first-order valence-corrected chi connectivity index (χ1v) is 10.4. The molecule has 2 amide bonds. The summed E-state index contributed by atoms with van der Waals surface area (Å²) in [4.78, 5) is 11.1. The third-order valence-corrected chi connectivity index (χ3v) is 6.94. The highest BCUT2D eigenvalue weighted by Gasteiger charge is 2.49. The SMILES string of the molecule is CCCC(NC(N)=O)[Si](OCC)(OCC)OCC.c1cc2ccc1-2. The van der Waals surface area contributed by atoms with Crippen molar-refractivity contribution in [1.82, 2.24) is 5.32 Å². The molecule has 0 bridgehead atoms. The lowest BCUT2D eigenvalue weighted by molar-refractivity contribution is 0.0579. The zero-order chi connectivity index (χ0) is 18.0. The van der Waals surface area contributed by atoms with Gasteiger partial charge in [-0.15, -0.1) is 0 Å². The van der Waals surface area contributed by atoms with Crippen LogP contribution in [0.2, 0.25) is 0 Å². The van der Waals surface area contributed by atoms with E-state index in [2.05, 4.69) is 29.6 Å². The van der Waals surface area contributed by atoms with Crippen molar-refractivity contribution in [2.45, 2.75) is 46.2 Å². The molecule has 2 aliphatic carbocycles. The third-order valence-electron chi connectivity index (χ3n) is 3.58. The quantitative estimate of drug-likeness (QED) is 0.642. The minimum absolute atomic E-state index is 0.292. The van der Waals surface area contributed by atoms with Crippen LogP contribution in [-0.2, 0) is 13.3 Å². The first kappa shape index (κ1) is 20.6. The van der Waals surface area contributed by atoms with Gasteiger partial charge in [-0.05, 0) is 38.3 Å². The molecule has 1 unspecified atom stereocenters. The number of carbonyl (C=O) groups is 1. The topological polar surface area (TPSA) is 82.8 Å². The molecule has 6 nitrogen and oxygen atoms in total. The summed E-state index contributed by atoms with van der Waals surface area (Å²) in [6.45, 7) is 9.11. The van der Waals surface area contributed by atoms with Crippen molar-refractivity contribution in [3.05, 3.63) is 24.3 Å². The number of nitrogens with two attached hydrogens (primary N) is 1. The molecule has 0 saturated carbocycles. The standard InChI is InChI=1S/C11H26N2O4Si.C6H4/c1-5-9-10(13-11(12)14)18(15-6-2,16-7-3)17-8-4;1-2-6-4-3-5(1)6/h10H,5-9H2,1-4H3,(H3,12,13,14);1-4H. The van der Waals surface area contributed by atoms with Gasteiger partial charge in [-0.3, -0.25) is 0 Å². The van der Waals surface area contributed by atoms with Gasteiger partial charge in [0.1, 0.15) is 5.67 Å². The van der Waals surface area contributed by atoms with Crippen LogP contribution >= 0.6 is 0 Å². The Morgan fingerprint density at radius 3 is 1.62 bits per heavy atom. The number of rotatable bonds is 10. The number of nitrogens with one attached hydrogen (secondary N) is 1. The van der Waals surface area contributed by atoms with E-state index in [-0.39, 0.29) is 5.67 Å². The summed E-state index contributed by atoms with van der Waals surface area (Å²) in [5.41, 5.74) is 7.77. The number of primary amides is 1. The summed E-state index contributed by atoms with van der Waals surface area (Å²) >= 11 is 0. The zero-order valence-electron chi connectivity index (χ0n) is 15.1. The lowest BCUT2D eigenvalue weighted by Gasteiger charge is -2.35. The fraction of sp³-hybridized carbons (Fsp3) is 0.588. The maximum absolute atomic E-state index is 11.1. The lowest BCUT2D eigenvalue weighted by Crippen LogP contribution is -2.63. The summed E-state index contributed by atoms with van der Waals surface area (Å²) in [6.07, 6.45) is 1.60. The van der Waals surface area contributed by atoms with Gasteiger partial charge in [0.2, 0.25) is 0 Å². The maximum Gasteiger partial charge on any atom is 0.524 e. The van der Waals surface area contributed by atoms with Gasteiger partial charge in [-0.25, -0.2) is 4.79 Å². The van der Waals surface area contributed by atoms with Crippen LogP contribution in [0.1, 0.15) is 40.5 Å². The first-order valence-electron chi connectivity index (χ1n) is 8.61. The van der Waals surface area contributed by atoms with Crippen molar-refractivity contribution in [2.75, 3.05) is 19.8 Å². The van der Waals surface area contributed by atoms with Gasteiger partial charge in [-0.2, -0.15) is 0 Å². The number of fused-ring (bicyclic) bond motifs is 1. The normalized spacial score (nSPS) is 12.8. The molecule has 3 N–H and O–H groups in total. The second kappa shape index (κ2) is 10.5. The molecule has 0 spiro atoms. The van der Waals surface area contributed by atoms with Crippen LogP contribution in [0.25, 0.3) is 11.1 Å². The molecule has 0 aromatic heterocycles. The Morgan fingerprint density at radius 1 is 1.00 bits per heavy atom. The number of amides is 2. The Kier molecular flexibility index (Phi) is 8.98. The number of carbonyl (C=O) groups excluding carboxylic acids is 1. The van der Waals surface area contributed by atoms with Crippen molar-refractivity contribution >= 4 is 14.8 Å². The fourth-order valence-corrected chi connectivity index (χ4v) is 5.51. The van der Waals surface area contributed by atoms with Gasteiger partial charge in [-0.1, -0.05) is 37.6 Å². The molecule has 0 aromatic rings. The van der Waals surface area contributed by atoms with Crippen LogP contribution in [0.3, 0.4) is 0 Å². The number of hydrogen-bond donors (Lipinski definition) is 2. The van der Waals surface area contributed by atoms with Gasteiger partial charge < -0.3 is 24.3 Å². The highest BCUT2D eigenvalue weighted by Crippen LogP contribution is 2.29. The molecular weight excluding hydrogens is 324 g/mol. The molecule has 0 aliphatic heterocycles. The number of hydrogen-bond acceptors (Lipinski definition) is 4. The van der Waals surface area contributed by atoms with Crippen molar-refractivity contribution < 1.29 is 18.1 Å².